The molecule has 0 radical (unpaired) electrons. The van der Waals surface area contributed by atoms with E-state index >= 15 is 0 Å². The SMILES string of the molecule is CN(CCCNC(=O)c1cnc2n(c1=O)CCS2)c1ccccc1. The molecule has 6 nitrogen and oxygen atoms in total. The fraction of sp³-hybridized carbons (Fsp3) is 0.353. The van der Waals surface area contributed by atoms with E-state index in [9.17, 15) is 9.59 Å². The molecule has 1 aliphatic rings. The molecule has 0 fully saturated rings. The summed E-state index contributed by atoms with van der Waals surface area (Å²) in [5, 5.41) is 3.51. The number of thioether (sulfide) groups is 1. The van der Waals surface area contributed by atoms with Crippen molar-refractivity contribution < 1.29 is 4.79 Å². The molecule has 126 valence electrons. The van der Waals surface area contributed by atoms with Crippen molar-refractivity contribution >= 4 is 23.4 Å². The van der Waals surface area contributed by atoms with Crippen molar-refractivity contribution in [2.24, 2.45) is 0 Å². The highest BCUT2D eigenvalue weighted by atomic mass is 32.2. The van der Waals surface area contributed by atoms with Gasteiger partial charge < -0.3 is 10.2 Å². The third-order valence-corrected chi connectivity index (χ3v) is 4.92. The Balaban J connectivity index is 1.51. The van der Waals surface area contributed by atoms with E-state index < -0.39 is 0 Å². The molecular formula is C17H20N4O2S. The van der Waals surface area contributed by atoms with Gasteiger partial charge in [-0.1, -0.05) is 30.0 Å². The Kier molecular flexibility index (Phi) is 5.20. The van der Waals surface area contributed by atoms with Crippen LogP contribution in [-0.2, 0) is 6.54 Å². The van der Waals surface area contributed by atoms with Crippen molar-refractivity contribution in [1.82, 2.24) is 14.9 Å². The molecule has 3 rings (SSSR count). The average molecular weight is 344 g/mol. The van der Waals surface area contributed by atoms with Gasteiger partial charge in [0.1, 0.15) is 5.56 Å². The number of carbonyl (C=O) groups is 1. The molecule has 1 aliphatic heterocycles. The van der Waals surface area contributed by atoms with E-state index in [1.165, 1.54) is 18.0 Å². The number of anilines is 1. The van der Waals surface area contributed by atoms with Crippen molar-refractivity contribution in [3.05, 3.63) is 52.4 Å². The lowest BCUT2D eigenvalue weighted by atomic mass is 10.2. The number of nitrogens with zero attached hydrogens (tertiary/aromatic N) is 3. The maximum atomic E-state index is 12.3. The Morgan fingerprint density at radius 2 is 2.17 bits per heavy atom. The molecule has 0 aliphatic carbocycles. The van der Waals surface area contributed by atoms with Gasteiger partial charge in [0.25, 0.3) is 11.5 Å². The van der Waals surface area contributed by atoms with E-state index in [1.807, 2.05) is 37.4 Å². The second-order valence-corrected chi connectivity index (χ2v) is 6.69. The van der Waals surface area contributed by atoms with Crippen LogP contribution in [0.2, 0.25) is 0 Å². The van der Waals surface area contributed by atoms with Gasteiger partial charge in [-0.25, -0.2) is 4.98 Å². The zero-order valence-electron chi connectivity index (χ0n) is 13.6. The van der Waals surface area contributed by atoms with Crippen LogP contribution >= 0.6 is 11.8 Å². The predicted molar refractivity (Wildman–Crippen MR) is 95.9 cm³/mol. The van der Waals surface area contributed by atoms with E-state index in [0.29, 0.717) is 18.2 Å². The summed E-state index contributed by atoms with van der Waals surface area (Å²) in [6.45, 7) is 1.96. The lowest BCUT2D eigenvalue weighted by Crippen LogP contribution is -2.34. The fourth-order valence-electron chi connectivity index (χ4n) is 2.60. The number of para-hydroxylation sites is 1. The first-order chi connectivity index (χ1) is 11.7. The Morgan fingerprint density at radius 1 is 1.38 bits per heavy atom. The Hall–Kier alpha value is -2.28. The number of aromatic nitrogens is 2. The fourth-order valence-corrected chi connectivity index (χ4v) is 3.51. The van der Waals surface area contributed by atoms with Crippen LogP contribution in [0.3, 0.4) is 0 Å². The number of nitrogens with one attached hydrogen (secondary N) is 1. The van der Waals surface area contributed by atoms with Crippen molar-refractivity contribution in [1.29, 1.82) is 0 Å². The second-order valence-electron chi connectivity index (χ2n) is 5.63. The minimum Gasteiger partial charge on any atom is -0.375 e. The van der Waals surface area contributed by atoms with Crippen LogP contribution in [0.5, 0.6) is 0 Å². The first-order valence-electron chi connectivity index (χ1n) is 7.94. The van der Waals surface area contributed by atoms with Crippen LogP contribution in [0.1, 0.15) is 16.8 Å². The molecule has 0 spiro atoms. The van der Waals surface area contributed by atoms with E-state index in [-0.39, 0.29) is 17.0 Å². The van der Waals surface area contributed by atoms with Gasteiger partial charge in [-0.05, 0) is 18.6 Å². The Bertz CT molecular complexity index is 776. The number of hydrogen-bond acceptors (Lipinski definition) is 5. The quantitative estimate of drug-likeness (QED) is 0.637. The molecule has 1 N–H and O–H groups in total. The molecule has 1 aromatic heterocycles. The third-order valence-electron chi connectivity index (χ3n) is 3.95. The zero-order chi connectivity index (χ0) is 16.9. The number of benzene rings is 1. The largest absolute Gasteiger partial charge is 0.375 e. The molecule has 2 heterocycles. The summed E-state index contributed by atoms with van der Waals surface area (Å²) in [7, 11) is 2.02. The number of carbonyl (C=O) groups excluding carboxylic acids is 1. The van der Waals surface area contributed by atoms with E-state index in [2.05, 4.69) is 15.2 Å². The second kappa shape index (κ2) is 7.53. The van der Waals surface area contributed by atoms with Gasteiger partial charge >= 0.3 is 0 Å². The highest BCUT2D eigenvalue weighted by molar-refractivity contribution is 7.99. The van der Waals surface area contributed by atoms with E-state index in [1.54, 1.807) is 4.57 Å². The number of hydrogen-bond donors (Lipinski definition) is 1. The monoisotopic (exact) mass is 344 g/mol. The minimum atomic E-state index is -0.345. The number of rotatable bonds is 6. The number of amides is 1. The summed E-state index contributed by atoms with van der Waals surface area (Å²) in [4.78, 5) is 30.8. The number of fused-ring (bicyclic) bond motifs is 1. The van der Waals surface area contributed by atoms with Crippen LogP contribution in [0.15, 0.2) is 46.5 Å². The van der Waals surface area contributed by atoms with Gasteiger partial charge in [-0.3, -0.25) is 14.2 Å². The Labute approximate surface area is 144 Å². The molecule has 1 amide bonds. The molecule has 2 aromatic rings. The minimum absolute atomic E-state index is 0.123. The van der Waals surface area contributed by atoms with Gasteiger partial charge in [-0.15, -0.1) is 0 Å². The lowest BCUT2D eigenvalue weighted by molar-refractivity contribution is 0.0950. The topological polar surface area (TPSA) is 67.2 Å². The predicted octanol–water partition coefficient (Wildman–Crippen LogP) is 1.61. The molecule has 24 heavy (non-hydrogen) atoms. The first-order valence-corrected chi connectivity index (χ1v) is 8.92. The van der Waals surface area contributed by atoms with Gasteiger partial charge in [0.2, 0.25) is 0 Å². The Morgan fingerprint density at radius 3 is 2.96 bits per heavy atom. The summed E-state index contributed by atoms with van der Waals surface area (Å²) in [6.07, 6.45) is 2.19. The summed E-state index contributed by atoms with van der Waals surface area (Å²) >= 11 is 1.54. The molecular weight excluding hydrogens is 324 g/mol. The molecule has 0 atom stereocenters. The van der Waals surface area contributed by atoms with Crippen molar-refractivity contribution in [2.45, 2.75) is 18.1 Å². The van der Waals surface area contributed by atoms with Crippen molar-refractivity contribution in [3.63, 3.8) is 0 Å². The summed E-state index contributed by atoms with van der Waals surface area (Å²) in [5.74, 6) is 0.487. The summed E-state index contributed by atoms with van der Waals surface area (Å²) in [5.41, 5.74) is 1.02. The lowest BCUT2D eigenvalue weighted by Gasteiger charge is -2.19. The highest BCUT2D eigenvalue weighted by Crippen LogP contribution is 2.20. The summed E-state index contributed by atoms with van der Waals surface area (Å²) < 4.78 is 1.57. The van der Waals surface area contributed by atoms with Crippen LogP contribution in [-0.4, -0.2) is 41.3 Å². The molecule has 0 saturated heterocycles. The van der Waals surface area contributed by atoms with Gasteiger partial charge in [-0.2, -0.15) is 0 Å². The maximum Gasteiger partial charge on any atom is 0.267 e. The van der Waals surface area contributed by atoms with E-state index in [4.69, 9.17) is 0 Å². The molecule has 0 unspecified atom stereocenters. The van der Waals surface area contributed by atoms with Crippen molar-refractivity contribution in [2.75, 3.05) is 30.8 Å². The zero-order valence-corrected chi connectivity index (χ0v) is 14.4. The van der Waals surface area contributed by atoms with Crippen LogP contribution in [0.4, 0.5) is 5.69 Å². The third kappa shape index (κ3) is 3.62. The van der Waals surface area contributed by atoms with Crippen molar-refractivity contribution in [3.8, 4) is 0 Å². The standard InChI is InChI=1S/C17H20N4O2S/c1-20(13-6-3-2-4-7-13)9-5-8-18-15(22)14-12-19-17-21(16(14)23)10-11-24-17/h2-4,6-7,12H,5,8-11H2,1H3,(H,18,22). The molecule has 0 bridgehead atoms. The van der Waals surface area contributed by atoms with Crippen LogP contribution < -0.4 is 15.8 Å². The van der Waals surface area contributed by atoms with Gasteiger partial charge in [0.15, 0.2) is 5.16 Å². The molecule has 0 saturated carbocycles. The van der Waals surface area contributed by atoms with E-state index in [0.717, 1.165) is 24.4 Å². The smallest absolute Gasteiger partial charge is 0.267 e. The van der Waals surface area contributed by atoms with Crippen LogP contribution in [0.25, 0.3) is 0 Å². The highest BCUT2D eigenvalue weighted by Gasteiger charge is 2.19. The normalized spacial score (nSPS) is 12.7. The maximum absolute atomic E-state index is 12.3. The summed E-state index contributed by atoms with van der Waals surface area (Å²) in [6, 6.07) is 10.1. The average Bonchev–Trinajstić information content (AvgIpc) is 3.09. The first kappa shape index (κ1) is 16.6. The van der Waals surface area contributed by atoms with Gasteiger partial charge in [0, 0.05) is 44.3 Å². The van der Waals surface area contributed by atoms with Gasteiger partial charge in [0.05, 0.1) is 0 Å². The molecule has 7 heteroatoms. The molecule has 1 aromatic carbocycles. The van der Waals surface area contributed by atoms with Crippen LogP contribution in [0, 0.1) is 0 Å².